The van der Waals surface area contributed by atoms with Gasteiger partial charge in [-0.2, -0.15) is 0 Å². The largest absolute Gasteiger partial charge is 0.332 e. The minimum absolute atomic E-state index is 0.0431. The molecule has 0 saturated heterocycles. The van der Waals surface area contributed by atoms with E-state index in [1.807, 2.05) is 31.2 Å². The highest BCUT2D eigenvalue weighted by atomic mass is 19.1. The predicted molar refractivity (Wildman–Crippen MR) is 105 cm³/mol. The number of halogens is 1. The SMILES string of the molecule is Cc1ccc(-c2ncc3c(=O)n(Cc4ccc(F)cc4)c(=O)n(C)c3n2)cc1. The van der Waals surface area contributed by atoms with Crippen LogP contribution in [0.1, 0.15) is 11.1 Å². The standard InChI is InChI=1S/C21H17FN4O2/c1-13-3-7-15(8-4-13)18-23-11-17-19(24-18)25(2)21(28)26(20(17)27)12-14-5-9-16(22)10-6-14/h3-11H,12H2,1-2H3. The van der Waals surface area contributed by atoms with E-state index in [-0.39, 0.29) is 23.4 Å². The van der Waals surface area contributed by atoms with Crippen molar-refractivity contribution >= 4 is 11.0 Å². The number of aryl methyl sites for hydroxylation is 2. The van der Waals surface area contributed by atoms with E-state index < -0.39 is 11.2 Å². The maximum Gasteiger partial charge on any atom is 0.332 e. The monoisotopic (exact) mass is 376 g/mol. The fourth-order valence-electron chi connectivity index (χ4n) is 3.04. The van der Waals surface area contributed by atoms with Gasteiger partial charge in [-0.3, -0.25) is 13.9 Å². The number of nitrogens with zero attached hydrogens (tertiary/aromatic N) is 4. The Morgan fingerprint density at radius 3 is 2.36 bits per heavy atom. The zero-order chi connectivity index (χ0) is 19.8. The van der Waals surface area contributed by atoms with Crippen molar-refractivity contribution in [1.29, 1.82) is 0 Å². The Bertz CT molecular complexity index is 1290. The number of fused-ring (bicyclic) bond motifs is 1. The molecule has 0 aliphatic heterocycles. The first kappa shape index (κ1) is 17.8. The van der Waals surface area contributed by atoms with Crippen LogP contribution in [0.3, 0.4) is 0 Å². The average molecular weight is 376 g/mol. The molecule has 140 valence electrons. The zero-order valence-corrected chi connectivity index (χ0v) is 15.4. The number of hydrogen-bond donors (Lipinski definition) is 0. The summed E-state index contributed by atoms with van der Waals surface area (Å²) in [5.41, 5.74) is 1.87. The predicted octanol–water partition coefficient (Wildman–Crippen LogP) is 2.65. The lowest BCUT2D eigenvalue weighted by atomic mass is 10.1. The third-order valence-corrected chi connectivity index (χ3v) is 4.64. The molecule has 0 bridgehead atoms. The van der Waals surface area contributed by atoms with Gasteiger partial charge in [0, 0.05) is 18.8 Å². The second-order valence-electron chi connectivity index (χ2n) is 6.66. The van der Waals surface area contributed by atoms with Crippen molar-refractivity contribution in [2.75, 3.05) is 0 Å². The lowest BCUT2D eigenvalue weighted by Crippen LogP contribution is -2.39. The van der Waals surface area contributed by atoms with Crippen molar-refractivity contribution in [3.8, 4) is 11.4 Å². The van der Waals surface area contributed by atoms with Crippen molar-refractivity contribution in [2.24, 2.45) is 7.05 Å². The van der Waals surface area contributed by atoms with Gasteiger partial charge in [-0.15, -0.1) is 0 Å². The molecule has 0 unspecified atom stereocenters. The van der Waals surface area contributed by atoms with E-state index in [4.69, 9.17) is 0 Å². The Kier molecular flexibility index (Phi) is 4.35. The Morgan fingerprint density at radius 2 is 1.68 bits per heavy atom. The maximum atomic E-state index is 13.1. The van der Waals surface area contributed by atoms with E-state index in [0.29, 0.717) is 11.4 Å². The summed E-state index contributed by atoms with van der Waals surface area (Å²) in [6.07, 6.45) is 1.44. The van der Waals surface area contributed by atoms with Gasteiger partial charge in [0.1, 0.15) is 11.2 Å². The topological polar surface area (TPSA) is 69.8 Å². The highest BCUT2D eigenvalue weighted by Gasteiger charge is 2.14. The fourth-order valence-corrected chi connectivity index (χ4v) is 3.04. The molecule has 0 radical (unpaired) electrons. The van der Waals surface area contributed by atoms with Crippen LogP contribution in [0.2, 0.25) is 0 Å². The van der Waals surface area contributed by atoms with Gasteiger partial charge in [-0.1, -0.05) is 42.0 Å². The Labute approximate surface area is 159 Å². The van der Waals surface area contributed by atoms with E-state index in [0.717, 1.165) is 15.7 Å². The van der Waals surface area contributed by atoms with Crippen molar-refractivity contribution in [3.05, 3.63) is 92.5 Å². The van der Waals surface area contributed by atoms with E-state index >= 15 is 0 Å². The quantitative estimate of drug-likeness (QED) is 0.551. The molecule has 0 fully saturated rings. The van der Waals surface area contributed by atoms with Crippen molar-refractivity contribution in [3.63, 3.8) is 0 Å². The van der Waals surface area contributed by atoms with E-state index in [9.17, 15) is 14.0 Å². The van der Waals surface area contributed by atoms with Crippen LogP contribution in [0.25, 0.3) is 22.4 Å². The molecule has 7 heteroatoms. The molecule has 4 aromatic rings. The lowest BCUT2D eigenvalue weighted by molar-refractivity contribution is 0.623. The van der Waals surface area contributed by atoms with Crippen LogP contribution >= 0.6 is 0 Å². The smallest absolute Gasteiger partial charge is 0.280 e. The number of benzene rings is 2. The van der Waals surface area contributed by atoms with Gasteiger partial charge >= 0.3 is 5.69 Å². The number of aromatic nitrogens is 4. The highest BCUT2D eigenvalue weighted by molar-refractivity contribution is 5.75. The molecule has 0 N–H and O–H groups in total. The Morgan fingerprint density at radius 1 is 1.00 bits per heavy atom. The molecule has 0 aliphatic rings. The fraction of sp³-hybridized carbons (Fsp3) is 0.143. The summed E-state index contributed by atoms with van der Waals surface area (Å²) >= 11 is 0. The first-order chi connectivity index (χ1) is 13.4. The molecule has 28 heavy (non-hydrogen) atoms. The molecule has 2 heterocycles. The van der Waals surface area contributed by atoms with Gasteiger partial charge in [-0.05, 0) is 24.6 Å². The minimum Gasteiger partial charge on any atom is -0.280 e. The van der Waals surface area contributed by atoms with E-state index in [1.165, 1.54) is 22.9 Å². The third-order valence-electron chi connectivity index (χ3n) is 4.64. The van der Waals surface area contributed by atoms with E-state index in [1.54, 1.807) is 19.2 Å². The molecule has 4 rings (SSSR count). The average Bonchev–Trinajstić information content (AvgIpc) is 2.71. The van der Waals surface area contributed by atoms with Gasteiger partial charge in [0.15, 0.2) is 11.5 Å². The summed E-state index contributed by atoms with van der Waals surface area (Å²) in [6.45, 7) is 2.03. The van der Waals surface area contributed by atoms with Crippen LogP contribution in [0.5, 0.6) is 0 Å². The summed E-state index contributed by atoms with van der Waals surface area (Å²) in [7, 11) is 1.57. The summed E-state index contributed by atoms with van der Waals surface area (Å²) in [4.78, 5) is 34.4. The van der Waals surface area contributed by atoms with Crippen LogP contribution in [0, 0.1) is 12.7 Å². The van der Waals surface area contributed by atoms with Gasteiger partial charge in [-0.25, -0.2) is 19.2 Å². The van der Waals surface area contributed by atoms with Crippen LogP contribution in [0.4, 0.5) is 4.39 Å². The second kappa shape index (κ2) is 6.84. The minimum atomic E-state index is -0.490. The van der Waals surface area contributed by atoms with Crippen LogP contribution < -0.4 is 11.2 Å². The maximum absolute atomic E-state index is 13.1. The molecular weight excluding hydrogens is 359 g/mol. The Balaban J connectivity index is 1.85. The molecule has 0 amide bonds. The summed E-state index contributed by atoms with van der Waals surface area (Å²) in [5, 5.41) is 0.250. The summed E-state index contributed by atoms with van der Waals surface area (Å²) < 4.78 is 15.5. The molecular formula is C21H17FN4O2. The zero-order valence-electron chi connectivity index (χ0n) is 15.4. The van der Waals surface area contributed by atoms with Gasteiger partial charge in [0.25, 0.3) is 5.56 Å². The molecule has 2 aromatic carbocycles. The van der Waals surface area contributed by atoms with Gasteiger partial charge < -0.3 is 0 Å². The molecule has 6 nitrogen and oxygen atoms in total. The van der Waals surface area contributed by atoms with Crippen LogP contribution in [0.15, 0.2) is 64.3 Å². The second-order valence-corrected chi connectivity index (χ2v) is 6.66. The molecule has 0 saturated carbocycles. The Hall–Kier alpha value is -3.61. The van der Waals surface area contributed by atoms with E-state index in [2.05, 4.69) is 9.97 Å². The summed E-state index contributed by atoms with van der Waals surface area (Å²) in [6, 6.07) is 13.4. The number of hydrogen-bond acceptors (Lipinski definition) is 4. The van der Waals surface area contributed by atoms with Crippen molar-refractivity contribution in [1.82, 2.24) is 19.1 Å². The highest BCUT2D eigenvalue weighted by Crippen LogP contribution is 2.17. The first-order valence-electron chi connectivity index (χ1n) is 8.72. The third kappa shape index (κ3) is 3.11. The van der Waals surface area contributed by atoms with Crippen molar-refractivity contribution in [2.45, 2.75) is 13.5 Å². The lowest BCUT2D eigenvalue weighted by Gasteiger charge is -2.11. The van der Waals surface area contributed by atoms with Gasteiger partial charge in [0.2, 0.25) is 0 Å². The molecule has 0 spiro atoms. The number of rotatable bonds is 3. The molecule has 2 aromatic heterocycles. The molecule has 0 atom stereocenters. The van der Waals surface area contributed by atoms with Gasteiger partial charge in [0.05, 0.1) is 6.54 Å². The first-order valence-corrected chi connectivity index (χ1v) is 8.72. The van der Waals surface area contributed by atoms with Crippen LogP contribution in [-0.4, -0.2) is 19.1 Å². The summed E-state index contributed by atoms with van der Waals surface area (Å²) in [5.74, 6) is 0.0673. The van der Waals surface area contributed by atoms with Crippen LogP contribution in [-0.2, 0) is 13.6 Å². The normalized spacial score (nSPS) is 11.1. The molecule has 0 aliphatic carbocycles. The van der Waals surface area contributed by atoms with Crippen molar-refractivity contribution < 1.29 is 4.39 Å².